The molecule has 0 saturated heterocycles. The maximum atomic E-state index is 13.1. The molecular weight excluding hydrogens is 1220 g/mol. The highest BCUT2D eigenvalue weighted by Gasteiger charge is 2.30. The van der Waals surface area contributed by atoms with Gasteiger partial charge in [-0.3, -0.25) is 37.3 Å². The third kappa shape index (κ3) is 68.4. The van der Waals surface area contributed by atoms with E-state index in [0.717, 1.165) is 109 Å². The van der Waals surface area contributed by atoms with Gasteiger partial charge in [0.2, 0.25) is 0 Å². The summed E-state index contributed by atoms with van der Waals surface area (Å²) >= 11 is 0. The Morgan fingerprint density at radius 1 is 0.290 bits per heavy atom. The number of aliphatic hydroxyl groups is 1. The number of carbonyl (C=O) groups excluding carboxylic acids is 4. The van der Waals surface area contributed by atoms with Crippen LogP contribution < -0.4 is 0 Å². The molecule has 0 spiro atoms. The summed E-state index contributed by atoms with van der Waals surface area (Å²) in [5, 5.41) is 10.6. The molecule has 3 N–H and O–H groups in total. The molecule has 2 unspecified atom stereocenters. The molecule has 0 amide bonds. The van der Waals surface area contributed by atoms with Crippen LogP contribution in [0.2, 0.25) is 0 Å². The normalized spacial score (nSPS) is 14.0. The van der Waals surface area contributed by atoms with Crippen LogP contribution in [0.3, 0.4) is 0 Å². The van der Waals surface area contributed by atoms with E-state index in [4.69, 9.17) is 37.0 Å². The van der Waals surface area contributed by atoms with Crippen LogP contribution in [0.25, 0.3) is 0 Å². The molecule has 19 heteroatoms. The molecule has 0 bridgehead atoms. The molecular formula is C74H144O17P2. The van der Waals surface area contributed by atoms with Crippen LogP contribution in [0.1, 0.15) is 388 Å². The number of esters is 4. The Balaban J connectivity index is 5.12. The van der Waals surface area contributed by atoms with Crippen molar-refractivity contribution in [2.75, 3.05) is 39.6 Å². The average molecular weight is 1370 g/mol. The van der Waals surface area contributed by atoms with Crippen molar-refractivity contribution in [1.82, 2.24) is 0 Å². The van der Waals surface area contributed by atoms with E-state index in [1.54, 1.807) is 0 Å². The van der Waals surface area contributed by atoms with Crippen LogP contribution in [0.4, 0.5) is 0 Å². The van der Waals surface area contributed by atoms with Gasteiger partial charge in [-0.2, -0.15) is 0 Å². The van der Waals surface area contributed by atoms with E-state index in [9.17, 15) is 43.2 Å². The Morgan fingerprint density at radius 3 is 0.731 bits per heavy atom. The van der Waals surface area contributed by atoms with Crippen molar-refractivity contribution in [1.29, 1.82) is 0 Å². The number of unbranched alkanes of at least 4 members (excludes halogenated alkanes) is 46. The molecule has 0 aromatic carbocycles. The van der Waals surface area contributed by atoms with Gasteiger partial charge in [0, 0.05) is 25.7 Å². The predicted octanol–water partition coefficient (Wildman–Crippen LogP) is 21.7. The van der Waals surface area contributed by atoms with Gasteiger partial charge < -0.3 is 33.8 Å². The third-order valence-corrected chi connectivity index (χ3v) is 19.2. The molecule has 0 rings (SSSR count). The van der Waals surface area contributed by atoms with Crippen molar-refractivity contribution in [3.63, 3.8) is 0 Å². The van der Waals surface area contributed by atoms with Crippen molar-refractivity contribution in [3.8, 4) is 0 Å². The SMILES string of the molecule is CCCCCCCCCCCCCCCCCCCCCCCCC(=O)O[C@H](COC(=O)CCCCCCCCCCCCCCC(C)C)COP(=O)(O)OC[C@@H](O)COP(=O)(O)OC[C@@H](COC(=O)CCCCCCCCCC)OC(=O)CCCCCCCCCC. The molecule has 0 aliphatic carbocycles. The monoisotopic (exact) mass is 1370 g/mol. The van der Waals surface area contributed by atoms with Crippen molar-refractivity contribution < 1.29 is 80.2 Å². The van der Waals surface area contributed by atoms with Crippen LogP contribution in [0.5, 0.6) is 0 Å². The predicted molar refractivity (Wildman–Crippen MR) is 377 cm³/mol. The highest BCUT2D eigenvalue weighted by atomic mass is 31.2. The first-order chi connectivity index (χ1) is 45.0. The highest BCUT2D eigenvalue weighted by molar-refractivity contribution is 7.47. The van der Waals surface area contributed by atoms with Crippen LogP contribution in [-0.4, -0.2) is 96.7 Å². The molecule has 0 aliphatic rings. The molecule has 0 fully saturated rings. The van der Waals surface area contributed by atoms with Crippen molar-refractivity contribution in [3.05, 3.63) is 0 Å². The van der Waals surface area contributed by atoms with Crippen LogP contribution in [0, 0.1) is 5.92 Å². The first-order valence-corrected chi connectivity index (χ1v) is 41.6. The standard InChI is InChI=1S/C74H144O17P2/c1-6-9-12-15-18-21-22-23-24-25-26-27-28-29-30-31-32-37-40-45-50-55-60-74(79)91-70(64-85-72(77)58-53-48-44-39-36-34-33-35-38-41-46-51-56-67(4)5)66-89-93(82,83)87-62-68(75)61-86-92(80,81)88-65-69(90-73(78)59-54-49-43-20-17-14-11-8-3)63-84-71(76)57-52-47-42-19-16-13-10-7-2/h67-70,75H,6-66H2,1-5H3,(H,80,81)(H,82,83)/t68-,69+,70+/m0/s1. The number of carbonyl (C=O) groups is 4. The minimum Gasteiger partial charge on any atom is -0.462 e. The average Bonchev–Trinajstić information content (AvgIpc) is 2.67. The Labute approximate surface area is 568 Å². The van der Waals surface area contributed by atoms with Gasteiger partial charge in [0.05, 0.1) is 26.4 Å². The summed E-state index contributed by atoms with van der Waals surface area (Å²) in [7, 11) is -9.90. The van der Waals surface area contributed by atoms with Gasteiger partial charge in [-0.15, -0.1) is 0 Å². The number of phosphoric ester groups is 2. The molecule has 0 saturated carbocycles. The smallest absolute Gasteiger partial charge is 0.462 e. The Morgan fingerprint density at radius 2 is 0.495 bits per heavy atom. The first-order valence-electron chi connectivity index (χ1n) is 38.6. The van der Waals surface area contributed by atoms with Gasteiger partial charge in [0.15, 0.2) is 12.2 Å². The summed E-state index contributed by atoms with van der Waals surface area (Å²) < 4.78 is 68.2. The summed E-state index contributed by atoms with van der Waals surface area (Å²) in [5.41, 5.74) is 0. The molecule has 0 heterocycles. The van der Waals surface area contributed by atoms with Gasteiger partial charge in [-0.25, -0.2) is 9.13 Å². The van der Waals surface area contributed by atoms with E-state index in [1.165, 1.54) is 199 Å². The molecule has 93 heavy (non-hydrogen) atoms. The van der Waals surface area contributed by atoms with E-state index in [2.05, 4.69) is 34.6 Å². The van der Waals surface area contributed by atoms with Crippen molar-refractivity contribution in [2.24, 2.45) is 5.92 Å². The topological polar surface area (TPSA) is 237 Å². The zero-order chi connectivity index (χ0) is 68.4. The summed E-state index contributed by atoms with van der Waals surface area (Å²) in [4.78, 5) is 72.5. The zero-order valence-electron chi connectivity index (χ0n) is 60.4. The molecule has 5 atom stereocenters. The van der Waals surface area contributed by atoms with Crippen LogP contribution in [-0.2, 0) is 65.4 Å². The molecule has 0 aromatic heterocycles. The number of aliphatic hydroxyl groups excluding tert-OH is 1. The summed E-state index contributed by atoms with van der Waals surface area (Å²) in [6, 6.07) is 0. The Hall–Kier alpha value is -1.94. The summed E-state index contributed by atoms with van der Waals surface area (Å²) in [6.45, 7) is 7.22. The maximum absolute atomic E-state index is 13.1. The van der Waals surface area contributed by atoms with E-state index in [1.807, 2.05) is 0 Å². The van der Waals surface area contributed by atoms with Gasteiger partial charge in [0.25, 0.3) is 0 Å². The number of hydrogen-bond acceptors (Lipinski definition) is 15. The first kappa shape index (κ1) is 91.1. The lowest BCUT2D eigenvalue weighted by atomic mass is 10.0. The lowest BCUT2D eigenvalue weighted by Gasteiger charge is -2.21. The van der Waals surface area contributed by atoms with Crippen molar-refractivity contribution >= 4 is 39.5 Å². The third-order valence-electron chi connectivity index (χ3n) is 17.3. The van der Waals surface area contributed by atoms with Crippen LogP contribution in [0.15, 0.2) is 0 Å². The van der Waals surface area contributed by atoms with Crippen molar-refractivity contribution in [2.45, 2.75) is 406 Å². The second-order valence-electron chi connectivity index (χ2n) is 27.2. The fourth-order valence-corrected chi connectivity index (χ4v) is 12.9. The van der Waals surface area contributed by atoms with Gasteiger partial charge in [-0.1, -0.05) is 336 Å². The number of hydrogen-bond donors (Lipinski definition) is 3. The second-order valence-corrected chi connectivity index (χ2v) is 30.1. The number of phosphoric acid groups is 2. The molecule has 0 radical (unpaired) electrons. The summed E-state index contributed by atoms with van der Waals surface area (Å²) in [5.74, 6) is -1.34. The maximum Gasteiger partial charge on any atom is 0.472 e. The lowest BCUT2D eigenvalue weighted by Crippen LogP contribution is -2.30. The van der Waals surface area contributed by atoms with E-state index >= 15 is 0 Å². The summed E-state index contributed by atoms with van der Waals surface area (Å²) in [6.07, 6.45) is 55.8. The second kappa shape index (κ2) is 67.3. The minimum absolute atomic E-state index is 0.105. The zero-order valence-corrected chi connectivity index (χ0v) is 62.2. The number of ether oxygens (including phenoxy) is 4. The van der Waals surface area contributed by atoms with Gasteiger partial charge in [0.1, 0.15) is 19.3 Å². The Kier molecular flexibility index (Phi) is 65.9. The van der Waals surface area contributed by atoms with Gasteiger partial charge in [-0.05, 0) is 31.6 Å². The molecule has 552 valence electrons. The largest absolute Gasteiger partial charge is 0.472 e. The van der Waals surface area contributed by atoms with E-state index < -0.39 is 97.5 Å². The Bertz CT molecular complexity index is 1790. The fraction of sp³-hybridized carbons (Fsp3) is 0.946. The minimum atomic E-state index is -4.95. The molecule has 0 aromatic rings. The lowest BCUT2D eigenvalue weighted by molar-refractivity contribution is -0.161. The quantitative estimate of drug-likeness (QED) is 0.0222. The highest BCUT2D eigenvalue weighted by Crippen LogP contribution is 2.45. The van der Waals surface area contributed by atoms with E-state index in [-0.39, 0.29) is 25.7 Å². The fourth-order valence-electron chi connectivity index (χ4n) is 11.4. The molecule has 17 nitrogen and oxygen atoms in total. The van der Waals surface area contributed by atoms with E-state index in [0.29, 0.717) is 25.7 Å². The number of rotatable bonds is 74. The van der Waals surface area contributed by atoms with Gasteiger partial charge >= 0.3 is 39.5 Å². The van der Waals surface area contributed by atoms with Crippen LogP contribution >= 0.6 is 15.6 Å². The molecule has 0 aliphatic heterocycles.